The third-order valence-corrected chi connectivity index (χ3v) is 6.10. The predicted octanol–water partition coefficient (Wildman–Crippen LogP) is 3.13. The lowest BCUT2D eigenvalue weighted by Gasteiger charge is -2.09. The zero-order valence-corrected chi connectivity index (χ0v) is 16.0. The molecule has 0 radical (unpaired) electrons. The lowest BCUT2D eigenvalue weighted by molar-refractivity contribution is 0.434. The second kappa shape index (κ2) is 6.96. The largest absolute Gasteiger partial charge is 0.407 e. The molecule has 0 aliphatic heterocycles. The second-order valence-corrected chi connectivity index (χ2v) is 9.02. The maximum absolute atomic E-state index is 12.5. The molecule has 2 heterocycles. The van der Waals surface area contributed by atoms with Crippen molar-refractivity contribution >= 4 is 30.8 Å². The van der Waals surface area contributed by atoms with Gasteiger partial charge in [0.15, 0.2) is 5.75 Å². The Bertz CT molecular complexity index is 1270. The molecular formula is C18H14ClN3O5S. The van der Waals surface area contributed by atoms with Gasteiger partial charge >= 0.3 is 0 Å². The molecule has 0 bridgehead atoms. The molecule has 0 amide bonds. The Hall–Kier alpha value is -2.83. The zero-order valence-electron chi connectivity index (χ0n) is 14.4. The van der Waals surface area contributed by atoms with Gasteiger partial charge < -0.3 is 14.2 Å². The molecule has 4 rings (SSSR count). The molecule has 10 heteroatoms. The van der Waals surface area contributed by atoms with Crippen LogP contribution >= 0.6 is 10.7 Å². The van der Waals surface area contributed by atoms with Gasteiger partial charge in [-0.05, 0) is 31.0 Å². The quantitative estimate of drug-likeness (QED) is 0.510. The fourth-order valence-electron chi connectivity index (χ4n) is 3.45. The van der Waals surface area contributed by atoms with E-state index < -0.39 is 14.6 Å². The van der Waals surface area contributed by atoms with Gasteiger partial charge in [-0.15, -0.1) is 0 Å². The highest BCUT2D eigenvalue weighted by atomic mass is 35.7. The van der Waals surface area contributed by atoms with E-state index in [-0.39, 0.29) is 33.5 Å². The average Bonchev–Trinajstić information content (AvgIpc) is 3.30. The first-order valence-corrected chi connectivity index (χ1v) is 10.8. The van der Waals surface area contributed by atoms with Crippen LogP contribution in [0.25, 0.3) is 22.5 Å². The molecule has 1 aliphatic carbocycles. The van der Waals surface area contributed by atoms with Crippen molar-refractivity contribution in [3.8, 4) is 29.7 Å². The van der Waals surface area contributed by atoms with Gasteiger partial charge in [0.25, 0.3) is 14.6 Å². The van der Waals surface area contributed by atoms with Gasteiger partial charge in [0, 0.05) is 16.6 Å². The number of fused-ring (bicyclic) bond motifs is 1. The molecule has 8 nitrogen and oxygen atoms in total. The third-order valence-electron chi connectivity index (χ3n) is 4.75. The average molecular weight is 420 g/mol. The number of ether oxygens (including phenoxy) is 1. The summed E-state index contributed by atoms with van der Waals surface area (Å²) in [5, 5.41) is 4.05. The van der Waals surface area contributed by atoms with E-state index in [1.165, 1.54) is 18.2 Å². The van der Waals surface area contributed by atoms with E-state index >= 15 is 0 Å². The van der Waals surface area contributed by atoms with E-state index in [2.05, 4.69) is 15.1 Å². The van der Waals surface area contributed by atoms with Crippen molar-refractivity contribution in [2.75, 3.05) is 0 Å². The van der Waals surface area contributed by atoms with Crippen LogP contribution in [-0.2, 0) is 9.05 Å². The fraction of sp³-hybridized carbons (Fsp3) is 0.278. The Morgan fingerprint density at radius 3 is 2.75 bits per heavy atom. The first kappa shape index (κ1) is 18.5. The first-order valence-electron chi connectivity index (χ1n) is 8.49. The van der Waals surface area contributed by atoms with Crippen LogP contribution in [0, 0.1) is 12.5 Å². The molecular weight excluding hydrogens is 406 g/mol. The molecule has 0 atom stereocenters. The standard InChI is InChI=1S/C18H14ClN3O5S/c1-2-26-13-8-7-11(28(19,24)25)9-12(13)17-20-15-14(10-5-3-4-6-10)22-27-16(15)18(23)21-17/h1,7-10H,3-6H2,(H,20,21,23). The second-order valence-electron chi connectivity index (χ2n) is 6.46. The van der Waals surface area contributed by atoms with Crippen LogP contribution in [0.5, 0.6) is 5.75 Å². The van der Waals surface area contributed by atoms with Crippen LogP contribution in [0.4, 0.5) is 0 Å². The van der Waals surface area contributed by atoms with Crippen LogP contribution in [0.1, 0.15) is 37.3 Å². The van der Waals surface area contributed by atoms with Crippen LogP contribution in [0.2, 0.25) is 0 Å². The molecule has 1 aromatic carbocycles. The number of H-pyrrole nitrogens is 1. The van der Waals surface area contributed by atoms with Crippen molar-refractivity contribution in [2.45, 2.75) is 36.5 Å². The number of aromatic nitrogens is 3. The van der Waals surface area contributed by atoms with Crippen molar-refractivity contribution in [1.82, 2.24) is 15.1 Å². The molecule has 0 spiro atoms. The van der Waals surface area contributed by atoms with E-state index in [0.717, 1.165) is 25.7 Å². The molecule has 2 aromatic heterocycles. The summed E-state index contributed by atoms with van der Waals surface area (Å²) in [6.07, 6.45) is 11.3. The maximum atomic E-state index is 12.5. The van der Waals surface area contributed by atoms with Crippen molar-refractivity contribution in [3.05, 3.63) is 34.2 Å². The van der Waals surface area contributed by atoms with Gasteiger partial charge in [-0.1, -0.05) is 24.4 Å². The molecule has 1 saturated carbocycles. The van der Waals surface area contributed by atoms with Gasteiger partial charge in [0.1, 0.15) is 23.1 Å². The van der Waals surface area contributed by atoms with Crippen molar-refractivity contribution in [2.24, 2.45) is 0 Å². The molecule has 0 saturated heterocycles. The minimum atomic E-state index is -4.01. The Morgan fingerprint density at radius 2 is 2.07 bits per heavy atom. The fourth-order valence-corrected chi connectivity index (χ4v) is 4.23. The number of nitrogens with zero attached hydrogens (tertiary/aromatic N) is 2. The number of rotatable bonds is 4. The van der Waals surface area contributed by atoms with E-state index in [4.69, 9.17) is 26.4 Å². The Balaban J connectivity index is 1.95. The number of terminal acetylenes is 1. The summed E-state index contributed by atoms with van der Waals surface area (Å²) in [4.78, 5) is 19.4. The minimum Gasteiger partial charge on any atom is -0.407 e. The van der Waals surface area contributed by atoms with Crippen molar-refractivity contribution in [1.29, 1.82) is 0 Å². The van der Waals surface area contributed by atoms with E-state index in [0.29, 0.717) is 11.2 Å². The monoisotopic (exact) mass is 419 g/mol. The summed E-state index contributed by atoms with van der Waals surface area (Å²) >= 11 is 0. The zero-order chi connectivity index (χ0) is 19.9. The van der Waals surface area contributed by atoms with Crippen molar-refractivity contribution < 1.29 is 17.7 Å². The summed E-state index contributed by atoms with van der Waals surface area (Å²) in [5.41, 5.74) is 0.628. The normalized spacial score (nSPS) is 15.0. The number of nitrogens with one attached hydrogen (secondary N) is 1. The number of hydrogen-bond acceptors (Lipinski definition) is 7. The topological polar surface area (TPSA) is 115 Å². The van der Waals surface area contributed by atoms with E-state index in [1.54, 1.807) is 0 Å². The van der Waals surface area contributed by atoms with Gasteiger partial charge in [-0.3, -0.25) is 4.79 Å². The number of halogens is 1. The minimum absolute atomic E-state index is 0.0196. The van der Waals surface area contributed by atoms with Crippen molar-refractivity contribution in [3.63, 3.8) is 0 Å². The summed E-state index contributed by atoms with van der Waals surface area (Å²) < 4.78 is 33.8. The number of aromatic amines is 1. The summed E-state index contributed by atoms with van der Waals surface area (Å²) in [5.74, 6) is 0.389. The molecule has 28 heavy (non-hydrogen) atoms. The van der Waals surface area contributed by atoms with Gasteiger partial charge in [0.05, 0.1) is 10.5 Å². The van der Waals surface area contributed by atoms with Crippen LogP contribution in [0.15, 0.2) is 32.4 Å². The summed E-state index contributed by atoms with van der Waals surface area (Å²) in [7, 11) is 1.43. The van der Waals surface area contributed by atoms with E-state index in [1.807, 2.05) is 6.11 Å². The summed E-state index contributed by atoms with van der Waals surface area (Å²) in [6, 6.07) is 3.83. The SMILES string of the molecule is C#COc1ccc(S(=O)(=O)Cl)cc1-c1nc2c(C3CCCC3)noc2c(=O)[nH]1. The lowest BCUT2D eigenvalue weighted by atomic mass is 10.0. The number of hydrogen-bond donors (Lipinski definition) is 1. The molecule has 1 N–H and O–H groups in total. The van der Waals surface area contributed by atoms with Crippen LogP contribution < -0.4 is 10.3 Å². The highest BCUT2D eigenvalue weighted by molar-refractivity contribution is 8.13. The first-order chi connectivity index (χ1) is 13.4. The maximum Gasteiger partial charge on any atom is 0.297 e. The Labute approximate surface area is 164 Å². The Morgan fingerprint density at radius 1 is 1.32 bits per heavy atom. The highest BCUT2D eigenvalue weighted by Crippen LogP contribution is 2.37. The van der Waals surface area contributed by atoms with Gasteiger partial charge in [-0.2, -0.15) is 0 Å². The predicted molar refractivity (Wildman–Crippen MR) is 102 cm³/mol. The van der Waals surface area contributed by atoms with Crippen LogP contribution in [-0.4, -0.2) is 23.5 Å². The Kier molecular flexibility index (Phi) is 4.61. The van der Waals surface area contributed by atoms with Gasteiger partial charge in [0.2, 0.25) is 5.58 Å². The smallest absolute Gasteiger partial charge is 0.297 e. The molecule has 1 aliphatic rings. The lowest BCUT2D eigenvalue weighted by Crippen LogP contribution is -2.10. The van der Waals surface area contributed by atoms with Crippen LogP contribution in [0.3, 0.4) is 0 Å². The third kappa shape index (κ3) is 3.25. The molecule has 1 fully saturated rings. The van der Waals surface area contributed by atoms with E-state index in [9.17, 15) is 13.2 Å². The molecule has 144 valence electrons. The van der Waals surface area contributed by atoms with Gasteiger partial charge in [-0.25, -0.2) is 13.4 Å². The molecule has 3 aromatic rings. The summed E-state index contributed by atoms with van der Waals surface area (Å²) in [6.45, 7) is 0. The number of benzene rings is 1. The molecule has 0 unspecified atom stereocenters. The highest BCUT2D eigenvalue weighted by Gasteiger charge is 2.26.